The molecule has 0 saturated carbocycles. The summed E-state index contributed by atoms with van der Waals surface area (Å²) >= 11 is 0. The molecule has 0 saturated heterocycles. The Morgan fingerprint density at radius 1 is 0.892 bits per heavy atom. The molecule has 0 heterocycles. The van der Waals surface area contributed by atoms with E-state index in [9.17, 15) is 4.79 Å². The Balaban J connectivity index is 1.96. The first-order chi connectivity index (χ1) is 17.9. The number of carbonyl (C=O) groups excluding carboxylic acids is 1. The number of aldehydes is 1. The molecule has 0 bridgehead atoms. The van der Waals surface area contributed by atoms with Crippen molar-refractivity contribution in [3.8, 4) is 11.5 Å². The Bertz CT molecular complexity index is 854. The number of hydrogen-bond donors (Lipinski definition) is 1. The summed E-state index contributed by atoms with van der Waals surface area (Å²) in [5, 5.41) is 3.62. The summed E-state index contributed by atoms with van der Waals surface area (Å²) < 4.78 is 23.4. The highest BCUT2D eigenvalue weighted by molar-refractivity contribution is 5.52. The van der Waals surface area contributed by atoms with Crippen LogP contribution in [0.25, 0.3) is 0 Å². The highest BCUT2D eigenvalue weighted by Crippen LogP contribution is 2.51. The van der Waals surface area contributed by atoms with Crippen LogP contribution in [-0.4, -0.2) is 45.8 Å². The first-order valence-electron chi connectivity index (χ1n) is 14.2. The van der Waals surface area contributed by atoms with E-state index in [0.717, 1.165) is 68.1 Å². The maximum absolute atomic E-state index is 11.6. The third kappa shape index (κ3) is 8.80. The van der Waals surface area contributed by atoms with Gasteiger partial charge in [0.25, 0.3) is 0 Å². The average Bonchev–Trinajstić information content (AvgIpc) is 2.85. The fourth-order valence-electron chi connectivity index (χ4n) is 5.44. The third-order valence-electron chi connectivity index (χ3n) is 7.08. The molecule has 6 heteroatoms. The fraction of sp³-hybridized carbons (Fsp3) is 0.645. The lowest BCUT2D eigenvalue weighted by molar-refractivity contribution is -0.109. The van der Waals surface area contributed by atoms with E-state index in [-0.39, 0.29) is 11.3 Å². The second-order valence-corrected chi connectivity index (χ2v) is 9.78. The predicted octanol–water partition coefficient (Wildman–Crippen LogP) is 6.49. The van der Waals surface area contributed by atoms with Gasteiger partial charge in [-0.3, -0.25) is 0 Å². The topological polar surface area (TPSA) is 66.0 Å². The van der Waals surface area contributed by atoms with Crippen LogP contribution in [0.4, 0.5) is 0 Å². The van der Waals surface area contributed by atoms with Crippen molar-refractivity contribution in [3.05, 3.63) is 47.4 Å². The lowest BCUT2D eigenvalue weighted by atomic mass is 9.61. The maximum atomic E-state index is 11.6. The number of nitrogens with one attached hydrogen (secondary N) is 1. The number of ether oxygens (including phenoxy) is 4. The summed E-state index contributed by atoms with van der Waals surface area (Å²) in [5.41, 5.74) is 1.02. The maximum Gasteiger partial charge on any atom is 0.123 e. The molecule has 1 N–H and O–H groups in total. The van der Waals surface area contributed by atoms with Crippen molar-refractivity contribution >= 4 is 6.29 Å². The molecule has 0 spiro atoms. The van der Waals surface area contributed by atoms with Gasteiger partial charge in [-0.1, -0.05) is 13.8 Å². The van der Waals surface area contributed by atoms with Crippen molar-refractivity contribution < 1.29 is 23.7 Å². The van der Waals surface area contributed by atoms with Gasteiger partial charge in [-0.25, -0.2) is 0 Å². The molecule has 37 heavy (non-hydrogen) atoms. The summed E-state index contributed by atoms with van der Waals surface area (Å²) in [4.78, 5) is 11.6. The monoisotopic (exact) mass is 515 g/mol. The molecule has 1 aromatic rings. The van der Waals surface area contributed by atoms with Crippen LogP contribution in [0.15, 0.2) is 41.9 Å². The van der Waals surface area contributed by atoms with Crippen molar-refractivity contribution in [2.24, 2.45) is 17.3 Å². The number of benzene rings is 1. The molecule has 1 aliphatic rings. The van der Waals surface area contributed by atoms with Crippen molar-refractivity contribution in [1.82, 2.24) is 5.32 Å². The van der Waals surface area contributed by atoms with Crippen LogP contribution >= 0.6 is 0 Å². The Morgan fingerprint density at radius 3 is 2.08 bits per heavy atom. The molecule has 6 nitrogen and oxygen atoms in total. The van der Waals surface area contributed by atoms with Crippen molar-refractivity contribution in [2.75, 3.05) is 39.5 Å². The van der Waals surface area contributed by atoms with Gasteiger partial charge in [-0.05, 0) is 96.2 Å². The molecule has 0 amide bonds. The SMILES string of the molecule is CCOC1=C[C@@H](CC=O)C(CCCNCCCc2cc(OCC)cc(OCC)c2)(C(C)C)C(OCC)=C1. The molecule has 0 fully saturated rings. The van der Waals surface area contributed by atoms with Crippen molar-refractivity contribution in [3.63, 3.8) is 0 Å². The average molecular weight is 516 g/mol. The molecule has 0 radical (unpaired) electrons. The molecular weight excluding hydrogens is 466 g/mol. The normalized spacial score (nSPS) is 19.3. The molecule has 0 aromatic heterocycles. The zero-order valence-electron chi connectivity index (χ0n) is 23.9. The van der Waals surface area contributed by atoms with Gasteiger partial charge in [0.05, 0.1) is 26.4 Å². The van der Waals surface area contributed by atoms with Gasteiger partial charge in [0, 0.05) is 29.9 Å². The van der Waals surface area contributed by atoms with Crippen LogP contribution in [-0.2, 0) is 20.7 Å². The molecule has 2 rings (SSSR count). The number of aryl methyl sites for hydroxylation is 1. The lowest BCUT2D eigenvalue weighted by Gasteiger charge is -2.46. The number of hydrogen-bond acceptors (Lipinski definition) is 6. The van der Waals surface area contributed by atoms with E-state index in [0.29, 0.717) is 38.8 Å². The molecule has 2 atom stereocenters. The third-order valence-corrected chi connectivity index (χ3v) is 7.08. The largest absolute Gasteiger partial charge is 0.497 e. The van der Waals surface area contributed by atoms with E-state index < -0.39 is 0 Å². The quantitative estimate of drug-likeness (QED) is 0.168. The van der Waals surface area contributed by atoms with E-state index >= 15 is 0 Å². The zero-order valence-corrected chi connectivity index (χ0v) is 23.9. The Morgan fingerprint density at radius 2 is 1.51 bits per heavy atom. The van der Waals surface area contributed by atoms with E-state index in [2.05, 4.69) is 43.4 Å². The van der Waals surface area contributed by atoms with E-state index in [1.54, 1.807) is 0 Å². The molecule has 1 aromatic carbocycles. The van der Waals surface area contributed by atoms with E-state index in [4.69, 9.17) is 18.9 Å². The van der Waals surface area contributed by atoms with Crippen LogP contribution < -0.4 is 14.8 Å². The summed E-state index contributed by atoms with van der Waals surface area (Å²) in [5.74, 6) is 3.90. The van der Waals surface area contributed by atoms with Crippen LogP contribution in [0.2, 0.25) is 0 Å². The van der Waals surface area contributed by atoms with Gasteiger partial charge in [-0.15, -0.1) is 0 Å². The number of rotatable bonds is 19. The zero-order chi connectivity index (χ0) is 27.1. The summed E-state index contributed by atoms with van der Waals surface area (Å²) in [7, 11) is 0. The summed E-state index contributed by atoms with van der Waals surface area (Å²) in [6.07, 6.45) is 9.65. The van der Waals surface area contributed by atoms with Crippen LogP contribution in [0.3, 0.4) is 0 Å². The number of carbonyl (C=O) groups is 1. The predicted molar refractivity (Wildman–Crippen MR) is 150 cm³/mol. The first kappa shape index (κ1) is 30.8. The Labute approximate surface area is 224 Å². The Kier molecular flexibility index (Phi) is 13.6. The lowest BCUT2D eigenvalue weighted by Crippen LogP contribution is -2.41. The van der Waals surface area contributed by atoms with Gasteiger partial charge < -0.3 is 29.1 Å². The molecule has 1 aliphatic carbocycles. The summed E-state index contributed by atoms with van der Waals surface area (Å²) in [6, 6.07) is 6.18. The van der Waals surface area contributed by atoms with E-state index in [1.165, 1.54) is 5.56 Å². The number of allylic oxidation sites excluding steroid dienone is 3. The van der Waals surface area contributed by atoms with Gasteiger partial charge >= 0.3 is 0 Å². The standard InChI is InChI=1S/C31H49NO5/c1-7-34-27-19-25(20-28(22-27)35-8-2)13-11-16-32-17-12-15-31(24(5)6)26(14-18-33)21-29(36-9-3)23-30(31)37-10-4/h18-24,26,32H,7-17H2,1-6H3/t26-,31?/m1/s1. The van der Waals surface area contributed by atoms with Crippen LogP contribution in [0, 0.1) is 17.3 Å². The highest BCUT2D eigenvalue weighted by atomic mass is 16.5. The smallest absolute Gasteiger partial charge is 0.123 e. The second-order valence-electron chi connectivity index (χ2n) is 9.78. The van der Waals surface area contributed by atoms with Crippen molar-refractivity contribution in [1.29, 1.82) is 0 Å². The molecule has 0 aliphatic heterocycles. The molecular formula is C31H49NO5. The van der Waals surface area contributed by atoms with Gasteiger partial charge in [-0.2, -0.15) is 0 Å². The van der Waals surface area contributed by atoms with Crippen molar-refractivity contribution in [2.45, 2.75) is 73.6 Å². The minimum absolute atomic E-state index is 0.0650. The summed E-state index contributed by atoms with van der Waals surface area (Å²) in [6.45, 7) is 16.8. The minimum Gasteiger partial charge on any atom is -0.497 e. The highest BCUT2D eigenvalue weighted by Gasteiger charge is 2.46. The van der Waals surface area contributed by atoms with Gasteiger partial charge in [0.2, 0.25) is 0 Å². The first-order valence-corrected chi connectivity index (χ1v) is 14.2. The minimum atomic E-state index is -0.214. The van der Waals surface area contributed by atoms with E-state index in [1.807, 2.05) is 33.8 Å². The molecule has 1 unspecified atom stereocenters. The van der Waals surface area contributed by atoms with Crippen LogP contribution in [0.5, 0.6) is 11.5 Å². The Hall–Kier alpha value is -2.47. The molecule has 208 valence electrons. The second kappa shape index (κ2) is 16.4. The van der Waals surface area contributed by atoms with Gasteiger partial charge in [0.1, 0.15) is 29.3 Å². The fourth-order valence-corrected chi connectivity index (χ4v) is 5.44. The van der Waals surface area contributed by atoms with Crippen LogP contribution in [0.1, 0.15) is 72.8 Å². The van der Waals surface area contributed by atoms with Gasteiger partial charge in [0.15, 0.2) is 0 Å².